The first kappa shape index (κ1) is 9.54. The van der Waals surface area contributed by atoms with Gasteiger partial charge in [-0.1, -0.05) is 12.2 Å². The molecule has 0 heterocycles. The topological polar surface area (TPSA) is 3.24 Å². The number of nitrogens with zero attached hydrogens (tertiary/aromatic N) is 1. The van der Waals surface area contributed by atoms with Gasteiger partial charge >= 0.3 is 0 Å². The highest BCUT2D eigenvalue weighted by atomic mass is 35.5. The third-order valence-electron chi connectivity index (χ3n) is 2.85. The highest BCUT2D eigenvalue weighted by molar-refractivity contribution is 6.18. The van der Waals surface area contributed by atoms with Crippen molar-refractivity contribution in [3.63, 3.8) is 0 Å². The van der Waals surface area contributed by atoms with Crippen LogP contribution in [0.1, 0.15) is 25.7 Å². The van der Waals surface area contributed by atoms with Crippen LogP contribution >= 0.6 is 11.6 Å². The van der Waals surface area contributed by atoms with Gasteiger partial charge in [0.05, 0.1) is 0 Å². The summed E-state index contributed by atoms with van der Waals surface area (Å²) in [5, 5.41) is 0. The number of rotatable bonds is 6. The minimum atomic E-state index is 0.655. The molecule has 74 valence electrons. The van der Waals surface area contributed by atoms with Crippen LogP contribution in [0, 0.1) is 5.92 Å². The average Bonchev–Trinajstić information content (AvgIpc) is 2.98. The van der Waals surface area contributed by atoms with Crippen molar-refractivity contribution in [3.8, 4) is 0 Å². The van der Waals surface area contributed by atoms with Crippen LogP contribution in [0.5, 0.6) is 0 Å². The maximum Gasteiger partial charge on any atom is 0.0404 e. The van der Waals surface area contributed by atoms with Crippen molar-refractivity contribution in [2.24, 2.45) is 5.92 Å². The molecule has 2 heteroatoms. The monoisotopic (exact) mass is 199 g/mol. The molecule has 2 fully saturated rings. The molecule has 2 rings (SSSR count). The van der Waals surface area contributed by atoms with Gasteiger partial charge in [0.2, 0.25) is 0 Å². The molecule has 0 unspecified atom stereocenters. The lowest BCUT2D eigenvalue weighted by molar-refractivity contribution is 0.280. The van der Waals surface area contributed by atoms with Gasteiger partial charge in [0.15, 0.2) is 0 Å². The van der Waals surface area contributed by atoms with Crippen molar-refractivity contribution < 1.29 is 0 Å². The van der Waals surface area contributed by atoms with Crippen LogP contribution in [0.15, 0.2) is 12.2 Å². The molecule has 0 aromatic rings. The molecule has 2 aliphatic rings. The summed E-state index contributed by atoms with van der Waals surface area (Å²) in [6, 6.07) is 0.903. The summed E-state index contributed by atoms with van der Waals surface area (Å²) in [7, 11) is 0. The maximum absolute atomic E-state index is 5.59. The quantitative estimate of drug-likeness (QED) is 0.470. The molecular weight excluding hydrogens is 182 g/mol. The second-order valence-electron chi connectivity index (χ2n) is 4.25. The van der Waals surface area contributed by atoms with Gasteiger partial charge in [-0.3, -0.25) is 4.90 Å². The van der Waals surface area contributed by atoms with Gasteiger partial charge < -0.3 is 0 Å². The lowest BCUT2D eigenvalue weighted by atomic mass is 10.3. The maximum atomic E-state index is 5.59. The summed E-state index contributed by atoms with van der Waals surface area (Å²) in [6.45, 7) is 2.45. The van der Waals surface area contributed by atoms with Gasteiger partial charge in [-0.15, -0.1) is 11.6 Å². The van der Waals surface area contributed by atoms with E-state index in [2.05, 4.69) is 17.1 Å². The lowest BCUT2D eigenvalue weighted by Gasteiger charge is -2.19. The first-order chi connectivity index (χ1) is 6.40. The van der Waals surface area contributed by atoms with Crippen molar-refractivity contribution in [1.29, 1.82) is 0 Å². The number of alkyl halides is 1. The first-order valence-corrected chi connectivity index (χ1v) is 5.88. The SMILES string of the molecule is ClCC=CCN(CC1CC1)C1CC1. The minimum absolute atomic E-state index is 0.655. The number of hydrogen-bond acceptors (Lipinski definition) is 1. The second kappa shape index (κ2) is 4.47. The van der Waals surface area contributed by atoms with Crippen molar-refractivity contribution in [2.75, 3.05) is 19.0 Å². The van der Waals surface area contributed by atoms with Crippen LogP contribution in [0.4, 0.5) is 0 Å². The molecule has 0 N–H and O–H groups in total. The Balaban J connectivity index is 1.71. The first-order valence-electron chi connectivity index (χ1n) is 5.35. The highest BCUT2D eigenvalue weighted by Crippen LogP contribution is 2.34. The van der Waals surface area contributed by atoms with E-state index < -0.39 is 0 Å². The van der Waals surface area contributed by atoms with Gasteiger partial charge in [0.25, 0.3) is 0 Å². The van der Waals surface area contributed by atoms with Gasteiger partial charge in [-0.05, 0) is 31.6 Å². The standard InChI is InChI=1S/C11H18ClN/c12-7-1-2-8-13(11-5-6-11)9-10-3-4-10/h1-2,10-11H,3-9H2. The molecule has 2 aliphatic carbocycles. The third kappa shape index (κ3) is 3.32. The molecule has 0 bridgehead atoms. The summed E-state index contributed by atoms with van der Waals surface area (Å²) in [5.41, 5.74) is 0. The predicted octanol–water partition coefficient (Wildman–Crippen LogP) is 2.66. The van der Waals surface area contributed by atoms with E-state index in [-0.39, 0.29) is 0 Å². The van der Waals surface area contributed by atoms with E-state index in [1.165, 1.54) is 32.2 Å². The normalized spacial score (nSPS) is 23.2. The molecule has 1 nitrogen and oxygen atoms in total. The second-order valence-corrected chi connectivity index (χ2v) is 4.56. The van der Waals surface area contributed by atoms with Gasteiger partial charge in [-0.2, -0.15) is 0 Å². The zero-order valence-corrected chi connectivity index (χ0v) is 8.84. The molecule has 0 radical (unpaired) electrons. The van der Waals surface area contributed by atoms with Crippen molar-refractivity contribution in [3.05, 3.63) is 12.2 Å². The van der Waals surface area contributed by atoms with E-state index in [1.54, 1.807) is 0 Å². The van der Waals surface area contributed by atoms with E-state index >= 15 is 0 Å². The zero-order valence-electron chi connectivity index (χ0n) is 8.08. The predicted molar refractivity (Wildman–Crippen MR) is 57.2 cm³/mol. The molecule has 0 aromatic heterocycles. The van der Waals surface area contributed by atoms with Crippen LogP contribution in [0.25, 0.3) is 0 Å². The molecule has 0 aliphatic heterocycles. The van der Waals surface area contributed by atoms with Crippen LogP contribution in [-0.2, 0) is 0 Å². The molecule has 0 amide bonds. The Morgan fingerprint density at radius 3 is 2.46 bits per heavy atom. The number of halogens is 1. The summed E-state index contributed by atoms with van der Waals surface area (Å²) in [6.07, 6.45) is 10.0. The largest absolute Gasteiger partial charge is 0.296 e. The third-order valence-corrected chi connectivity index (χ3v) is 3.03. The fourth-order valence-electron chi connectivity index (χ4n) is 1.72. The zero-order chi connectivity index (χ0) is 9.10. The Morgan fingerprint density at radius 2 is 1.92 bits per heavy atom. The molecule has 0 spiro atoms. The summed E-state index contributed by atoms with van der Waals surface area (Å²) >= 11 is 5.59. The van der Waals surface area contributed by atoms with E-state index in [0.29, 0.717) is 5.88 Å². The van der Waals surface area contributed by atoms with E-state index in [4.69, 9.17) is 11.6 Å². The summed E-state index contributed by atoms with van der Waals surface area (Å²) in [4.78, 5) is 2.63. The number of allylic oxidation sites excluding steroid dienone is 1. The van der Waals surface area contributed by atoms with Crippen molar-refractivity contribution in [1.82, 2.24) is 4.90 Å². The highest BCUT2D eigenvalue weighted by Gasteiger charge is 2.32. The molecule has 0 atom stereocenters. The van der Waals surface area contributed by atoms with Crippen LogP contribution in [-0.4, -0.2) is 29.9 Å². The van der Waals surface area contributed by atoms with E-state index in [9.17, 15) is 0 Å². The Bertz CT molecular complexity index is 183. The minimum Gasteiger partial charge on any atom is -0.296 e. The number of hydrogen-bond donors (Lipinski definition) is 0. The van der Waals surface area contributed by atoms with E-state index in [1.807, 2.05) is 0 Å². The van der Waals surface area contributed by atoms with Crippen molar-refractivity contribution >= 4 is 11.6 Å². The molecule has 0 saturated heterocycles. The lowest BCUT2D eigenvalue weighted by Crippen LogP contribution is -2.28. The van der Waals surface area contributed by atoms with Crippen LogP contribution in [0.3, 0.4) is 0 Å². The molecule has 0 aromatic carbocycles. The van der Waals surface area contributed by atoms with Gasteiger partial charge in [0.1, 0.15) is 0 Å². The van der Waals surface area contributed by atoms with Crippen molar-refractivity contribution in [2.45, 2.75) is 31.7 Å². The van der Waals surface area contributed by atoms with Gasteiger partial charge in [0, 0.05) is 25.0 Å². The smallest absolute Gasteiger partial charge is 0.0404 e. The Kier molecular flexibility index (Phi) is 3.28. The van der Waals surface area contributed by atoms with Crippen LogP contribution < -0.4 is 0 Å². The molecule has 13 heavy (non-hydrogen) atoms. The fraction of sp³-hybridized carbons (Fsp3) is 0.818. The molecular formula is C11H18ClN. The van der Waals surface area contributed by atoms with E-state index in [0.717, 1.165) is 18.5 Å². The Labute approximate surface area is 85.8 Å². The molecule has 2 saturated carbocycles. The summed E-state index contributed by atoms with van der Waals surface area (Å²) < 4.78 is 0. The van der Waals surface area contributed by atoms with Gasteiger partial charge in [-0.25, -0.2) is 0 Å². The fourth-order valence-corrected chi connectivity index (χ4v) is 1.84. The summed E-state index contributed by atoms with van der Waals surface area (Å²) in [5.74, 6) is 1.67. The average molecular weight is 200 g/mol. The Morgan fingerprint density at radius 1 is 1.15 bits per heavy atom. The van der Waals surface area contributed by atoms with Crippen LogP contribution in [0.2, 0.25) is 0 Å². The Hall–Kier alpha value is -0.0100.